The molecule has 0 fully saturated rings. The van der Waals surface area contributed by atoms with Crippen LogP contribution in [-0.2, 0) is 6.54 Å². The number of hydrogen-bond donors (Lipinski definition) is 1. The zero-order chi connectivity index (χ0) is 14.0. The summed E-state index contributed by atoms with van der Waals surface area (Å²) < 4.78 is 8.52. The molecule has 0 saturated carbocycles. The Balaban J connectivity index is 2.22. The first-order chi connectivity index (χ1) is 9.02. The molecule has 1 aromatic carbocycles. The van der Waals surface area contributed by atoms with Gasteiger partial charge in [0.25, 0.3) is 0 Å². The van der Waals surface area contributed by atoms with Crippen LogP contribution in [0.15, 0.2) is 18.2 Å². The highest BCUT2D eigenvalue weighted by Gasteiger charge is 2.15. The van der Waals surface area contributed by atoms with E-state index in [0.717, 1.165) is 18.1 Å². The van der Waals surface area contributed by atoms with Crippen molar-refractivity contribution in [3.8, 4) is 5.75 Å². The Morgan fingerprint density at radius 2 is 2.11 bits per heavy atom. The summed E-state index contributed by atoms with van der Waals surface area (Å²) in [5.74, 6) is 1.68. The second kappa shape index (κ2) is 5.57. The van der Waals surface area contributed by atoms with Crippen LogP contribution in [0.2, 0.25) is 0 Å². The predicted octanol–water partition coefficient (Wildman–Crippen LogP) is 3.72. The molecule has 1 aromatic heterocycles. The molecule has 1 N–H and O–H groups in total. The van der Waals surface area contributed by atoms with Crippen LogP contribution in [0.1, 0.15) is 36.9 Å². The highest BCUT2D eigenvalue weighted by Crippen LogP contribution is 2.22. The maximum atomic E-state index is 5.94. The van der Waals surface area contributed by atoms with Gasteiger partial charge in [-0.1, -0.05) is 6.07 Å². The zero-order valence-electron chi connectivity index (χ0n) is 11.7. The molecule has 0 saturated heterocycles. The largest absolute Gasteiger partial charge is 0.483 e. The monoisotopic (exact) mass is 277 g/mol. The summed E-state index contributed by atoms with van der Waals surface area (Å²) in [6.07, 6.45) is -0.144. The van der Waals surface area contributed by atoms with E-state index in [0.29, 0.717) is 4.77 Å². The van der Waals surface area contributed by atoms with Gasteiger partial charge in [-0.2, -0.15) is 5.10 Å². The van der Waals surface area contributed by atoms with Gasteiger partial charge in [-0.15, -0.1) is 0 Å². The fourth-order valence-electron chi connectivity index (χ4n) is 1.99. The minimum absolute atomic E-state index is 0.144. The van der Waals surface area contributed by atoms with Gasteiger partial charge >= 0.3 is 0 Å². The Kier molecular flexibility index (Phi) is 4.04. The number of aromatic amines is 1. The molecule has 4 nitrogen and oxygen atoms in total. The lowest BCUT2D eigenvalue weighted by molar-refractivity contribution is 0.210. The molecule has 0 aliphatic heterocycles. The molecule has 0 spiro atoms. The van der Waals surface area contributed by atoms with E-state index in [2.05, 4.69) is 30.1 Å². The lowest BCUT2D eigenvalue weighted by atomic mass is 10.1. The van der Waals surface area contributed by atoms with E-state index >= 15 is 0 Å². The lowest BCUT2D eigenvalue weighted by Crippen LogP contribution is -2.11. The maximum absolute atomic E-state index is 5.94. The lowest BCUT2D eigenvalue weighted by Gasteiger charge is -2.15. The second-order valence-corrected chi connectivity index (χ2v) is 5.02. The van der Waals surface area contributed by atoms with E-state index in [1.54, 1.807) is 0 Å². The Bertz CT molecular complexity index is 630. The highest BCUT2D eigenvalue weighted by atomic mass is 32.1. The number of ether oxygens (including phenoxy) is 1. The number of aryl methyl sites for hydroxylation is 2. The average molecular weight is 277 g/mol. The van der Waals surface area contributed by atoms with Crippen molar-refractivity contribution in [1.82, 2.24) is 14.8 Å². The van der Waals surface area contributed by atoms with E-state index in [4.69, 9.17) is 17.0 Å². The normalized spacial score (nSPS) is 12.4. The Morgan fingerprint density at radius 1 is 1.37 bits per heavy atom. The van der Waals surface area contributed by atoms with Crippen molar-refractivity contribution >= 4 is 12.2 Å². The topological polar surface area (TPSA) is 42.8 Å². The maximum Gasteiger partial charge on any atom is 0.195 e. The van der Waals surface area contributed by atoms with E-state index < -0.39 is 0 Å². The fraction of sp³-hybridized carbons (Fsp3) is 0.429. The van der Waals surface area contributed by atoms with E-state index in [1.165, 1.54) is 11.1 Å². The number of rotatable bonds is 4. The molecule has 0 aliphatic rings. The molecule has 2 rings (SSSR count). The molecule has 1 heterocycles. The highest BCUT2D eigenvalue weighted by molar-refractivity contribution is 7.71. The number of aromatic nitrogens is 3. The standard InChI is InChI=1S/C14H19N3OS/c1-5-17-13(15-16-14(17)19)11(4)18-12-7-6-9(2)10(3)8-12/h6-8,11H,5H2,1-4H3,(H,16,19)/t11-/m0/s1. The molecule has 5 heteroatoms. The third kappa shape index (κ3) is 2.87. The molecule has 2 aromatic rings. The van der Waals surface area contributed by atoms with Crippen LogP contribution in [0.25, 0.3) is 0 Å². The van der Waals surface area contributed by atoms with Gasteiger partial charge < -0.3 is 9.30 Å². The molecule has 0 amide bonds. The van der Waals surface area contributed by atoms with Crippen LogP contribution >= 0.6 is 12.2 Å². The molecular weight excluding hydrogens is 258 g/mol. The number of nitrogens with zero attached hydrogens (tertiary/aromatic N) is 2. The number of benzene rings is 1. The van der Waals surface area contributed by atoms with Crippen LogP contribution in [0.3, 0.4) is 0 Å². The van der Waals surface area contributed by atoms with E-state index in [1.807, 2.05) is 30.5 Å². The first-order valence-corrected chi connectivity index (χ1v) is 6.82. The van der Waals surface area contributed by atoms with Crippen LogP contribution in [0, 0.1) is 18.6 Å². The van der Waals surface area contributed by atoms with Crippen LogP contribution in [-0.4, -0.2) is 14.8 Å². The summed E-state index contributed by atoms with van der Waals surface area (Å²) in [6, 6.07) is 6.09. The van der Waals surface area contributed by atoms with Gasteiger partial charge in [0.15, 0.2) is 16.7 Å². The molecule has 0 unspecified atom stereocenters. The fourth-order valence-corrected chi connectivity index (χ4v) is 2.26. The molecule has 1 atom stereocenters. The minimum Gasteiger partial charge on any atom is -0.483 e. The molecule has 0 bridgehead atoms. The van der Waals surface area contributed by atoms with Crippen molar-refractivity contribution in [2.45, 2.75) is 40.3 Å². The Morgan fingerprint density at radius 3 is 2.74 bits per heavy atom. The van der Waals surface area contributed by atoms with Gasteiger partial charge in [0.2, 0.25) is 0 Å². The molecular formula is C14H19N3OS. The van der Waals surface area contributed by atoms with E-state index in [9.17, 15) is 0 Å². The van der Waals surface area contributed by atoms with Crippen molar-refractivity contribution in [2.75, 3.05) is 0 Å². The summed E-state index contributed by atoms with van der Waals surface area (Å²) in [7, 11) is 0. The van der Waals surface area contributed by atoms with Crippen molar-refractivity contribution in [3.63, 3.8) is 0 Å². The first kappa shape index (κ1) is 13.8. The van der Waals surface area contributed by atoms with Gasteiger partial charge in [0, 0.05) is 6.54 Å². The first-order valence-electron chi connectivity index (χ1n) is 6.42. The molecule has 19 heavy (non-hydrogen) atoms. The van der Waals surface area contributed by atoms with E-state index in [-0.39, 0.29) is 6.10 Å². The van der Waals surface area contributed by atoms with Gasteiger partial charge in [-0.05, 0) is 63.2 Å². The number of hydrogen-bond acceptors (Lipinski definition) is 3. The Labute approximate surface area is 118 Å². The summed E-state index contributed by atoms with van der Waals surface area (Å²) in [5, 5.41) is 7.05. The number of nitrogens with one attached hydrogen (secondary N) is 1. The summed E-state index contributed by atoms with van der Waals surface area (Å²) >= 11 is 5.18. The predicted molar refractivity (Wildman–Crippen MR) is 78.0 cm³/mol. The summed E-state index contributed by atoms with van der Waals surface area (Å²) in [6.45, 7) is 8.97. The van der Waals surface area contributed by atoms with Crippen molar-refractivity contribution < 1.29 is 4.74 Å². The van der Waals surface area contributed by atoms with Gasteiger partial charge in [-0.3, -0.25) is 5.10 Å². The van der Waals surface area contributed by atoms with Crippen molar-refractivity contribution in [1.29, 1.82) is 0 Å². The molecule has 102 valence electrons. The van der Waals surface area contributed by atoms with Crippen LogP contribution in [0.4, 0.5) is 0 Å². The zero-order valence-corrected chi connectivity index (χ0v) is 12.5. The summed E-state index contributed by atoms with van der Waals surface area (Å²) in [4.78, 5) is 0. The summed E-state index contributed by atoms with van der Waals surface area (Å²) in [5.41, 5.74) is 2.48. The van der Waals surface area contributed by atoms with Crippen molar-refractivity contribution in [2.24, 2.45) is 0 Å². The third-order valence-electron chi connectivity index (χ3n) is 3.26. The second-order valence-electron chi connectivity index (χ2n) is 4.64. The Hall–Kier alpha value is -1.62. The average Bonchev–Trinajstić information content (AvgIpc) is 2.75. The SMILES string of the molecule is CCn1c([C@H](C)Oc2ccc(C)c(C)c2)n[nH]c1=S. The van der Waals surface area contributed by atoms with Gasteiger partial charge in [0.1, 0.15) is 5.75 Å². The molecule has 0 aliphatic carbocycles. The smallest absolute Gasteiger partial charge is 0.195 e. The minimum atomic E-state index is -0.144. The number of H-pyrrole nitrogens is 1. The van der Waals surface area contributed by atoms with Gasteiger partial charge in [0.05, 0.1) is 0 Å². The third-order valence-corrected chi connectivity index (χ3v) is 3.57. The van der Waals surface area contributed by atoms with Crippen molar-refractivity contribution in [3.05, 3.63) is 39.9 Å². The van der Waals surface area contributed by atoms with Crippen LogP contribution < -0.4 is 4.74 Å². The quantitative estimate of drug-likeness (QED) is 0.866. The van der Waals surface area contributed by atoms with Gasteiger partial charge in [-0.25, -0.2) is 0 Å². The van der Waals surface area contributed by atoms with Crippen LogP contribution in [0.5, 0.6) is 5.75 Å². The molecule has 0 radical (unpaired) electrons.